The van der Waals surface area contributed by atoms with Gasteiger partial charge in [-0.2, -0.15) is 5.10 Å². The van der Waals surface area contributed by atoms with Crippen LogP contribution in [0.2, 0.25) is 0 Å². The molecular formula is C22H21N7O. The Balaban J connectivity index is 1.59. The maximum Gasteiger partial charge on any atom is 0.232 e. The maximum absolute atomic E-state index is 5.22. The summed E-state index contributed by atoms with van der Waals surface area (Å²) < 4.78 is 7.11. The van der Waals surface area contributed by atoms with Gasteiger partial charge in [0.1, 0.15) is 11.5 Å². The molecule has 0 saturated carbocycles. The van der Waals surface area contributed by atoms with Crippen molar-refractivity contribution in [2.24, 2.45) is 7.05 Å². The molecule has 0 unspecified atom stereocenters. The summed E-state index contributed by atoms with van der Waals surface area (Å²) in [7, 11) is 3.53. The number of nitrogens with zero attached hydrogens (tertiary/aromatic N) is 5. The van der Waals surface area contributed by atoms with Gasteiger partial charge in [0.15, 0.2) is 0 Å². The van der Waals surface area contributed by atoms with Gasteiger partial charge in [-0.3, -0.25) is 9.67 Å². The van der Waals surface area contributed by atoms with Crippen LogP contribution in [0.5, 0.6) is 5.88 Å². The van der Waals surface area contributed by atoms with Crippen molar-refractivity contribution >= 4 is 28.5 Å². The smallest absolute Gasteiger partial charge is 0.232 e. The van der Waals surface area contributed by atoms with Crippen molar-refractivity contribution in [2.45, 2.75) is 13.5 Å². The summed E-state index contributed by atoms with van der Waals surface area (Å²) in [4.78, 5) is 13.6. The topological polar surface area (TPSA) is 89.8 Å². The number of hydrogen-bond donors (Lipinski definition) is 2. The van der Waals surface area contributed by atoms with Gasteiger partial charge in [0.25, 0.3) is 0 Å². The summed E-state index contributed by atoms with van der Waals surface area (Å²) >= 11 is 0. The zero-order chi connectivity index (χ0) is 20.7. The van der Waals surface area contributed by atoms with Gasteiger partial charge in [0.05, 0.1) is 30.7 Å². The molecule has 1 aliphatic rings. The maximum atomic E-state index is 5.22. The van der Waals surface area contributed by atoms with E-state index in [1.807, 2.05) is 36.1 Å². The van der Waals surface area contributed by atoms with E-state index in [1.54, 1.807) is 19.5 Å². The minimum absolute atomic E-state index is 0.453. The summed E-state index contributed by atoms with van der Waals surface area (Å²) in [6, 6.07) is 8.20. The van der Waals surface area contributed by atoms with E-state index in [0.29, 0.717) is 18.1 Å². The van der Waals surface area contributed by atoms with Gasteiger partial charge in [-0.05, 0) is 49.0 Å². The molecule has 8 heteroatoms. The van der Waals surface area contributed by atoms with E-state index in [4.69, 9.17) is 9.72 Å². The second kappa shape index (κ2) is 7.14. The van der Waals surface area contributed by atoms with Gasteiger partial charge in [0, 0.05) is 35.9 Å². The second-order valence-electron chi connectivity index (χ2n) is 7.15. The van der Waals surface area contributed by atoms with Crippen LogP contribution in [0.4, 0.5) is 11.5 Å². The Bertz CT molecular complexity index is 1290. The number of benzene rings is 1. The van der Waals surface area contributed by atoms with Gasteiger partial charge >= 0.3 is 0 Å². The third kappa shape index (κ3) is 3.12. The molecule has 30 heavy (non-hydrogen) atoms. The molecule has 5 rings (SSSR count). The number of aryl methyl sites for hydroxylation is 2. The first-order chi connectivity index (χ1) is 14.6. The van der Waals surface area contributed by atoms with Gasteiger partial charge in [-0.1, -0.05) is 0 Å². The van der Waals surface area contributed by atoms with E-state index >= 15 is 0 Å². The van der Waals surface area contributed by atoms with Gasteiger partial charge in [-0.25, -0.2) is 9.97 Å². The van der Waals surface area contributed by atoms with Crippen molar-refractivity contribution in [2.75, 3.05) is 12.4 Å². The summed E-state index contributed by atoms with van der Waals surface area (Å²) in [5.74, 6) is 1.23. The number of aromatic nitrogens is 5. The Labute approximate surface area is 173 Å². The number of methoxy groups -OCH3 is 1. The lowest BCUT2D eigenvalue weighted by molar-refractivity contribution is 0.396. The molecule has 0 amide bonds. The molecule has 8 nitrogen and oxygen atoms in total. The average Bonchev–Trinajstić information content (AvgIpc) is 3.06. The molecule has 0 bridgehead atoms. The van der Waals surface area contributed by atoms with E-state index < -0.39 is 0 Å². The predicted molar refractivity (Wildman–Crippen MR) is 116 cm³/mol. The zero-order valence-electron chi connectivity index (χ0n) is 17.0. The Morgan fingerprint density at radius 2 is 2.03 bits per heavy atom. The molecule has 0 fully saturated rings. The molecule has 0 aliphatic carbocycles. The van der Waals surface area contributed by atoms with Crippen molar-refractivity contribution < 1.29 is 4.74 Å². The lowest BCUT2D eigenvalue weighted by Gasteiger charge is -2.18. The Morgan fingerprint density at radius 3 is 2.90 bits per heavy atom. The Hall–Kier alpha value is -3.94. The lowest BCUT2D eigenvalue weighted by atomic mass is 10.0. The van der Waals surface area contributed by atoms with E-state index in [2.05, 4.69) is 44.8 Å². The minimum Gasteiger partial charge on any atom is -0.480 e. The van der Waals surface area contributed by atoms with Crippen LogP contribution >= 0.6 is 0 Å². The van der Waals surface area contributed by atoms with Crippen molar-refractivity contribution in [3.8, 4) is 17.3 Å². The van der Waals surface area contributed by atoms with Crippen molar-refractivity contribution in [3.63, 3.8) is 0 Å². The van der Waals surface area contributed by atoms with Gasteiger partial charge in [0.2, 0.25) is 5.88 Å². The van der Waals surface area contributed by atoms with Crippen LogP contribution in [-0.2, 0) is 13.6 Å². The van der Waals surface area contributed by atoms with Crippen LogP contribution in [0.15, 0.2) is 42.9 Å². The highest BCUT2D eigenvalue weighted by atomic mass is 16.5. The quantitative estimate of drug-likeness (QED) is 0.542. The molecule has 0 atom stereocenters. The minimum atomic E-state index is 0.453. The lowest BCUT2D eigenvalue weighted by Crippen LogP contribution is -2.14. The largest absolute Gasteiger partial charge is 0.480 e. The third-order valence-electron chi connectivity index (χ3n) is 5.30. The van der Waals surface area contributed by atoms with Crippen molar-refractivity contribution in [3.05, 3.63) is 59.7 Å². The molecular weight excluding hydrogens is 378 g/mol. The molecule has 1 aliphatic heterocycles. The van der Waals surface area contributed by atoms with Gasteiger partial charge in [-0.15, -0.1) is 0 Å². The number of nitrogens with one attached hydrogen (secondary N) is 2. The third-order valence-corrected chi connectivity index (χ3v) is 5.30. The number of pyridine rings is 1. The van der Waals surface area contributed by atoms with Crippen LogP contribution in [0, 0.1) is 6.92 Å². The standard InChI is InChI=1S/C22H21N7O/c1-13-16-5-4-15(9-18(16)28-29(13)2)25-22-17-10-23-7-6-14(17)8-19(27-22)20-11-24-12-21(26-20)30-3/h4-9,11-12,23H,10H2,1-3H3,(H,25,27). The normalized spacial score (nSPS) is 12.5. The fourth-order valence-corrected chi connectivity index (χ4v) is 3.59. The first-order valence-electron chi connectivity index (χ1n) is 9.63. The number of anilines is 2. The van der Waals surface area contributed by atoms with E-state index in [1.165, 1.54) is 0 Å². The average molecular weight is 399 g/mol. The summed E-state index contributed by atoms with van der Waals surface area (Å²) in [6.45, 7) is 2.76. The van der Waals surface area contributed by atoms with Crippen LogP contribution in [0.3, 0.4) is 0 Å². The molecule has 1 aromatic carbocycles. The highest BCUT2D eigenvalue weighted by Crippen LogP contribution is 2.31. The Morgan fingerprint density at radius 1 is 1.13 bits per heavy atom. The number of rotatable bonds is 4. The SMILES string of the molecule is COc1cncc(-c2cc3c(c(Nc4ccc5c(C)n(C)nc5c4)n2)CNC=C3)n1. The van der Waals surface area contributed by atoms with Crippen LogP contribution in [0.1, 0.15) is 16.8 Å². The molecule has 0 saturated heterocycles. The number of hydrogen-bond acceptors (Lipinski definition) is 7. The summed E-state index contributed by atoms with van der Waals surface area (Å²) in [5, 5.41) is 12.5. The van der Waals surface area contributed by atoms with E-state index in [0.717, 1.165) is 44.9 Å². The predicted octanol–water partition coefficient (Wildman–Crippen LogP) is 3.56. The monoisotopic (exact) mass is 399 g/mol. The number of ether oxygens (including phenoxy) is 1. The van der Waals surface area contributed by atoms with Gasteiger partial charge < -0.3 is 15.4 Å². The van der Waals surface area contributed by atoms with Crippen molar-refractivity contribution in [1.29, 1.82) is 0 Å². The fourth-order valence-electron chi connectivity index (χ4n) is 3.59. The summed E-state index contributed by atoms with van der Waals surface area (Å²) in [5.41, 5.74) is 6.57. The molecule has 4 heterocycles. The molecule has 2 N–H and O–H groups in total. The first-order valence-corrected chi connectivity index (χ1v) is 9.63. The Kier molecular flexibility index (Phi) is 4.31. The second-order valence-corrected chi connectivity index (χ2v) is 7.15. The first kappa shape index (κ1) is 18.1. The highest BCUT2D eigenvalue weighted by molar-refractivity contribution is 5.86. The van der Waals surface area contributed by atoms with Crippen LogP contribution < -0.4 is 15.4 Å². The van der Waals surface area contributed by atoms with E-state index in [-0.39, 0.29) is 0 Å². The molecule has 3 aromatic heterocycles. The molecule has 4 aromatic rings. The van der Waals surface area contributed by atoms with Crippen molar-refractivity contribution in [1.82, 2.24) is 30.0 Å². The zero-order valence-corrected chi connectivity index (χ0v) is 17.0. The highest BCUT2D eigenvalue weighted by Gasteiger charge is 2.16. The molecule has 150 valence electrons. The molecule has 0 radical (unpaired) electrons. The van der Waals surface area contributed by atoms with Crippen LogP contribution in [-0.4, -0.2) is 31.8 Å². The molecule has 0 spiro atoms. The number of fused-ring (bicyclic) bond motifs is 2. The van der Waals surface area contributed by atoms with Crippen LogP contribution in [0.25, 0.3) is 28.4 Å². The van der Waals surface area contributed by atoms with E-state index in [9.17, 15) is 0 Å². The fraction of sp³-hybridized carbons (Fsp3) is 0.182. The summed E-state index contributed by atoms with van der Waals surface area (Å²) in [6.07, 6.45) is 7.24.